The molecule has 1 rings (SSSR count). The van der Waals surface area contributed by atoms with Crippen molar-refractivity contribution in [1.29, 1.82) is 0 Å². The second kappa shape index (κ2) is 5.28. The van der Waals surface area contributed by atoms with Crippen LogP contribution in [0.25, 0.3) is 0 Å². The van der Waals surface area contributed by atoms with Gasteiger partial charge in [-0.2, -0.15) is 0 Å². The van der Waals surface area contributed by atoms with Gasteiger partial charge in [-0.1, -0.05) is 11.8 Å². The van der Waals surface area contributed by atoms with Crippen molar-refractivity contribution in [2.75, 3.05) is 13.0 Å². The zero-order chi connectivity index (χ0) is 11.3. The van der Waals surface area contributed by atoms with Gasteiger partial charge in [-0.3, -0.25) is 0 Å². The summed E-state index contributed by atoms with van der Waals surface area (Å²) < 4.78 is 4.91. The average Bonchev–Trinajstić information content (AvgIpc) is 2.25. The lowest BCUT2D eigenvalue weighted by molar-refractivity contribution is 0.0693. The Morgan fingerprint density at radius 2 is 2.33 bits per heavy atom. The minimum Gasteiger partial charge on any atom is -0.496 e. The quantitative estimate of drug-likeness (QED) is 0.617. The zero-order valence-electron chi connectivity index (χ0n) is 8.08. The molecule has 3 nitrogen and oxygen atoms in total. The van der Waals surface area contributed by atoms with Gasteiger partial charge in [-0.25, -0.2) is 4.79 Å². The summed E-state index contributed by atoms with van der Waals surface area (Å²) in [6, 6.07) is 4.72. The van der Waals surface area contributed by atoms with Gasteiger partial charge in [-0.05, 0) is 18.2 Å². The van der Waals surface area contributed by atoms with Gasteiger partial charge in [0, 0.05) is 5.56 Å². The molecule has 0 atom stereocenters. The first-order valence-corrected chi connectivity index (χ1v) is 4.68. The Labute approximate surface area is 92.6 Å². The maximum atomic E-state index is 10.9. The Hall–Kier alpha value is -1.66. The summed E-state index contributed by atoms with van der Waals surface area (Å²) in [5.41, 5.74) is 0.702. The number of carboxylic acid groups (broad SMARTS) is 1. The number of alkyl halides is 1. The lowest BCUT2D eigenvalue weighted by atomic mass is 10.1. The number of hydrogen-bond donors (Lipinski definition) is 1. The predicted molar refractivity (Wildman–Crippen MR) is 57.6 cm³/mol. The Kier molecular flexibility index (Phi) is 4.02. The monoisotopic (exact) mass is 224 g/mol. The molecule has 1 N–H and O–H groups in total. The molecule has 0 heterocycles. The van der Waals surface area contributed by atoms with Gasteiger partial charge in [0.1, 0.15) is 11.3 Å². The molecule has 0 spiro atoms. The third kappa shape index (κ3) is 2.90. The molecule has 1 aromatic carbocycles. The molecular formula is C11H9ClO3. The van der Waals surface area contributed by atoms with E-state index < -0.39 is 5.97 Å². The fourth-order valence-electron chi connectivity index (χ4n) is 1.09. The van der Waals surface area contributed by atoms with Crippen LogP contribution >= 0.6 is 11.6 Å². The standard InChI is InChI=1S/C11H9ClO3/c1-15-10-5-4-8(3-2-6-12)7-9(10)11(13)14/h4-5,7H,6H2,1H3,(H,13,14). The summed E-state index contributed by atoms with van der Waals surface area (Å²) in [6.45, 7) is 0. The first-order valence-electron chi connectivity index (χ1n) is 4.15. The molecule has 0 aliphatic heterocycles. The lowest BCUT2D eigenvalue weighted by Crippen LogP contribution is -2.00. The molecule has 0 bridgehead atoms. The number of rotatable bonds is 2. The minimum absolute atomic E-state index is 0.0962. The number of ether oxygens (including phenoxy) is 1. The van der Waals surface area contributed by atoms with Crippen LogP contribution < -0.4 is 4.74 Å². The van der Waals surface area contributed by atoms with E-state index in [9.17, 15) is 4.79 Å². The Morgan fingerprint density at radius 3 is 2.87 bits per heavy atom. The van der Waals surface area contributed by atoms with Gasteiger partial charge in [0.05, 0.1) is 13.0 Å². The van der Waals surface area contributed by atoms with E-state index in [2.05, 4.69) is 11.8 Å². The SMILES string of the molecule is COc1ccc(C#CCCl)cc1C(=O)O. The van der Waals surface area contributed by atoms with E-state index in [4.69, 9.17) is 21.4 Å². The number of aromatic carboxylic acids is 1. The highest BCUT2D eigenvalue weighted by molar-refractivity contribution is 6.19. The van der Waals surface area contributed by atoms with Gasteiger partial charge in [0.15, 0.2) is 0 Å². The molecule has 0 aliphatic carbocycles. The average molecular weight is 225 g/mol. The second-order valence-electron chi connectivity index (χ2n) is 2.66. The molecular weight excluding hydrogens is 216 g/mol. The maximum Gasteiger partial charge on any atom is 0.339 e. The number of benzene rings is 1. The molecule has 15 heavy (non-hydrogen) atoms. The van der Waals surface area contributed by atoms with E-state index >= 15 is 0 Å². The lowest BCUT2D eigenvalue weighted by Gasteiger charge is -2.04. The second-order valence-corrected chi connectivity index (χ2v) is 2.92. The molecule has 0 aliphatic rings. The summed E-state index contributed by atoms with van der Waals surface area (Å²) in [6.07, 6.45) is 0. The summed E-state index contributed by atoms with van der Waals surface area (Å²) in [5, 5.41) is 8.89. The van der Waals surface area contributed by atoms with Crippen LogP contribution in [0.3, 0.4) is 0 Å². The Morgan fingerprint density at radius 1 is 1.60 bits per heavy atom. The van der Waals surface area contributed by atoms with Crippen LogP contribution in [0.2, 0.25) is 0 Å². The number of hydrogen-bond acceptors (Lipinski definition) is 2. The predicted octanol–water partition coefficient (Wildman–Crippen LogP) is 1.98. The molecule has 0 amide bonds. The topological polar surface area (TPSA) is 46.5 Å². The van der Waals surface area contributed by atoms with Crippen LogP contribution in [0.15, 0.2) is 18.2 Å². The van der Waals surface area contributed by atoms with Crippen LogP contribution in [0.4, 0.5) is 0 Å². The Balaban J connectivity index is 3.16. The molecule has 4 heteroatoms. The zero-order valence-corrected chi connectivity index (χ0v) is 8.84. The fourth-order valence-corrected chi connectivity index (χ4v) is 1.16. The molecule has 0 aromatic heterocycles. The van der Waals surface area contributed by atoms with E-state index in [1.54, 1.807) is 12.1 Å². The highest BCUT2D eigenvalue weighted by Gasteiger charge is 2.10. The van der Waals surface area contributed by atoms with Crippen molar-refractivity contribution in [2.24, 2.45) is 0 Å². The molecule has 78 valence electrons. The fraction of sp³-hybridized carbons (Fsp3) is 0.182. The summed E-state index contributed by atoms with van der Waals surface area (Å²) in [7, 11) is 1.42. The number of carboxylic acids is 1. The van der Waals surface area contributed by atoms with Crippen LogP contribution in [0, 0.1) is 11.8 Å². The first kappa shape index (κ1) is 11.4. The minimum atomic E-state index is -1.04. The number of carbonyl (C=O) groups is 1. The van der Waals surface area contributed by atoms with Crippen LogP contribution in [0.1, 0.15) is 15.9 Å². The Bertz CT molecular complexity index is 429. The van der Waals surface area contributed by atoms with Gasteiger partial charge >= 0.3 is 5.97 Å². The van der Waals surface area contributed by atoms with E-state index in [1.165, 1.54) is 13.2 Å². The van der Waals surface area contributed by atoms with Crippen molar-refractivity contribution in [3.8, 4) is 17.6 Å². The van der Waals surface area contributed by atoms with Gasteiger partial charge in [-0.15, -0.1) is 11.6 Å². The van der Waals surface area contributed by atoms with Crippen molar-refractivity contribution in [3.63, 3.8) is 0 Å². The van der Waals surface area contributed by atoms with Crippen molar-refractivity contribution in [2.45, 2.75) is 0 Å². The van der Waals surface area contributed by atoms with E-state index in [1.807, 2.05) is 0 Å². The van der Waals surface area contributed by atoms with E-state index in [0.29, 0.717) is 11.3 Å². The van der Waals surface area contributed by atoms with Crippen LogP contribution in [0.5, 0.6) is 5.75 Å². The molecule has 0 fully saturated rings. The molecule has 1 aromatic rings. The van der Waals surface area contributed by atoms with Gasteiger partial charge < -0.3 is 9.84 Å². The van der Waals surface area contributed by atoms with Gasteiger partial charge in [0.2, 0.25) is 0 Å². The molecule has 0 radical (unpaired) electrons. The van der Waals surface area contributed by atoms with E-state index in [0.717, 1.165) is 0 Å². The first-order chi connectivity index (χ1) is 7.19. The van der Waals surface area contributed by atoms with E-state index in [-0.39, 0.29) is 11.4 Å². The summed E-state index contributed by atoms with van der Waals surface area (Å²) in [4.78, 5) is 10.9. The molecule has 0 unspecified atom stereocenters. The third-order valence-electron chi connectivity index (χ3n) is 1.73. The van der Waals surface area contributed by atoms with Gasteiger partial charge in [0.25, 0.3) is 0 Å². The summed E-state index contributed by atoms with van der Waals surface area (Å²) >= 11 is 5.40. The largest absolute Gasteiger partial charge is 0.496 e. The third-order valence-corrected chi connectivity index (χ3v) is 1.86. The maximum absolute atomic E-state index is 10.9. The van der Waals surface area contributed by atoms with Crippen LogP contribution in [-0.2, 0) is 0 Å². The van der Waals surface area contributed by atoms with Crippen molar-refractivity contribution >= 4 is 17.6 Å². The number of halogens is 1. The van der Waals surface area contributed by atoms with Crippen molar-refractivity contribution < 1.29 is 14.6 Å². The van der Waals surface area contributed by atoms with Crippen molar-refractivity contribution in [3.05, 3.63) is 29.3 Å². The summed E-state index contributed by atoms with van der Waals surface area (Å²) in [5.74, 6) is 4.88. The smallest absolute Gasteiger partial charge is 0.339 e. The molecule has 0 saturated carbocycles. The highest BCUT2D eigenvalue weighted by Crippen LogP contribution is 2.19. The molecule has 0 saturated heterocycles. The highest BCUT2D eigenvalue weighted by atomic mass is 35.5. The van der Waals surface area contributed by atoms with Crippen LogP contribution in [-0.4, -0.2) is 24.1 Å². The normalized spacial score (nSPS) is 8.93. The number of methoxy groups -OCH3 is 1. The van der Waals surface area contributed by atoms with Crippen molar-refractivity contribution in [1.82, 2.24) is 0 Å².